The molecule has 2 nitrogen and oxygen atoms in total. The first-order valence-corrected chi connectivity index (χ1v) is 6.84. The van der Waals surface area contributed by atoms with Crippen LogP contribution < -0.4 is 5.32 Å². The SMILES string of the molecule is C[C@@H](c1ccc(C(F)(F)F)cc1C(F)(F)F)N1CCNCC1.Cl.Cl. The molecule has 1 aromatic rings. The summed E-state index contributed by atoms with van der Waals surface area (Å²) in [4.78, 5) is 1.83. The molecule has 0 unspecified atom stereocenters. The third-order valence-electron chi connectivity index (χ3n) is 3.84. The molecular weight excluding hydrogens is 381 g/mol. The fourth-order valence-electron chi connectivity index (χ4n) is 2.61. The molecule has 1 heterocycles. The fraction of sp³-hybridized carbons (Fsp3) is 0.571. The van der Waals surface area contributed by atoms with Gasteiger partial charge in [0.2, 0.25) is 0 Å². The smallest absolute Gasteiger partial charge is 0.314 e. The van der Waals surface area contributed by atoms with Gasteiger partial charge in [-0.3, -0.25) is 4.90 Å². The van der Waals surface area contributed by atoms with Gasteiger partial charge in [0.05, 0.1) is 11.1 Å². The monoisotopic (exact) mass is 398 g/mol. The molecule has 1 fully saturated rings. The number of rotatable bonds is 2. The second-order valence-electron chi connectivity index (χ2n) is 5.26. The summed E-state index contributed by atoms with van der Waals surface area (Å²) in [5.74, 6) is 0. The maximum absolute atomic E-state index is 13.1. The first-order valence-electron chi connectivity index (χ1n) is 6.84. The predicted molar refractivity (Wildman–Crippen MR) is 83.8 cm³/mol. The third-order valence-corrected chi connectivity index (χ3v) is 3.84. The Labute approximate surface area is 148 Å². The van der Waals surface area contributed by atoms with E-state index in [4.69, 9.17) is 0 Å². The minimum absolute atomic E-state index is 0. The normalized spacial score (nSPS) is 17.6. The van der Waals surface area contributed by atoms with Crippen molar-refractivity contribution in [3.8, 4) is 0 Å². The number of piperazine rings is 1. The lowest BCUT2D eigenvalue weighted by atomic mass is 9.96. The summed E-state index contributed by atoms with van der Waals surface area (Å²) >= 11 is 0. The molecule has 0 amide bonds. The zero-order valence-electron chi connectivity index (χ0n) is 12.7. The average molecular weight is 399 g/mol. The van der Waals surface area contributed by atoms with Gasteiger partial charge in [-0.1, -0.05) is 6.07 Å². The van der Waals surface area contributed by atoms with Gasteiger partial charge in [0.25, 0.3) is 0 Å². The van der Waals surface area contributed by atoms with E-state index >= 15 is 0 Å². The zero-order chi connectivity index (χ0) is 16.5. The fourth-order valence-corrected chi connectivity index (χ4v) is 2.61. The van der Waals surface area contributed by atoms with Crippen LogP contribution in [0.3, 0.4) is 0 Å². The van der Waals surface area contributed by atoms with E-state index in [1.165, 1.54) is 0 Å². The van der Waals surface area contributed by atoms with Crippen LogP contribution in [0.4, 0.5) is 26.3 Å². The molecular formula is C14H18Cl2F6N2. The molecule has 0 aliphatic carbocycles. The largest absolute Gasteiger partial charge is 0.416 e. The van der Waals surface area contributed by atoms with Crippen LogP contribution in [0.2, 0.25) is 0 Å². The molecule has 0 spiro atoms. The van der Waals surface area contributed by atoms with E-state index in [2.05, 4.69) is 5.32 Å². The Hall–Kier alpha value is -0.700. The molecule has 2 rings (SSSR count). The molecule has 1 saturated heterocycles. The summed E-state index contributed by atoms with van der Waals surface area (Å²) in [6.45, 7) is 3.99. The van der Waals surface area contributed by atoms with E-state index in [1.807, 2.05) is 4.90 Å². The molecule has 140 valence electrons. The first kappa shape index (κ1) is 23.3. The topological polar surface area (TPSA) is 15.3 Å². The number of benzene rings is 1. The van der Waals surface area contributed by atoms with Gasteiger partial charge in [-0.25, -0.2) is 0 Å². The quantitative estimate of drug-likeness (QED) is 0.736. The van der Waals surface area contributed by atoms with E-state index in [9.17, 15) is 26.3 Å². The van der Waals surface area contributed by atoms with E-state index in [0.717, 1.165) is 6.07 Å². The van der Waals surface area contributed by atoms with Gasteiger partial charge in [0.1, 0.15) is 0 Å². The Kier molecular flexibility index (Phi) is 8.35. The molecule has 0 saturated carbocycles. The molecule has 1 aliphatic heterocycles. The molecule has 0 aromatic heterocycles. The molecule has 0 bridgehead atoms. The lowest BCUT2D eigenvalue weighted by Crippen LogP contribution is -2.44. The van der Waals surface area contributed by atoms with Crippen molar-refractivity contribution in [2.75, 3.05) is 26.2 Å². The van der Waals surface area contributed by atoms with E-state index in [-0.39, 0.29) is 36.4 Å². The molecule has 0 radical (unpaired) electrons. The number of nitrogens with one attached hydrogen (secondary N) is 1. The average Bonchev–Trinajstić information content (AvgIpc) is 2.45. The highest BCUT2D eigenvalue weighted by atomic mass is 35.5. The minimum atomic E-state index is -4.82. The van der Waals surface area contributed by atoms with Crippen LogP contribution in [0.25, 0.3) is 0 Å². The van der Waals surface area contributed by atoms with Crippen LogP contribution in [-0.2, 0) is 12.4 Å². The Balaban J connectivity index is 0.00000264. The highest BCUT2D eigenvalue weighted by Gasteiger charge is 2.39. The van der Waals surface area contributed by atoms with Crippen LogP contribution in [0.5, 0.6) is 0 Å². The van der Waals surface area contributed by atoms with E-state index in [0.29, 0.717) is 32.2 Å². The summed E-state index contributed by atoms with van der Waals surface area (Å²) in [6, 6.07) is 1.26. The minimum Gasteiger partial charge on any atom is -0.314 e. The zero-order valence-corrected chi connectivity index (χ0v) is 14.3. The highest BCUT2D eigenvalue weighted by Crippen LogP contribution is 2.40. The van der Waals surface area contributed by atoms with Crippen molar-refractivity contribution in [1.82, 2.24) is 10.2 Å². The maximum Gasteiger partial charge on any atom is 0.416 e. The summed E-state index contributed by atoms with van der Waals surface area (Å²) < 4.78 is 77.4. The van der Waals surface area contributed by atoms with Crippen molar-refractivity contribution in [1.29, 1.82) is 0 Å². The molecule has 1 aliphatic rings. The summed E-state index contributed by atoms with van der Waals surface area (Å²) in [6.07, 6.45) is -9.62. The van der Waals surface area contributed by atoms with Crippen LogP contribution in [0.15, 0.2) is 18.2 Å². The second-order valence-corrected chi connectivity index (χ2v) is 5.26. The standard InChI is InChI=1S/C14H16F6N2.2ClH/c1-9(22-6-4-21-5-7-22)11-3-2-10(13(15,16)17)8-12(11)14(18,19)20;;/h2-3,8-9,21H,4-7H2,1H3;2*1H/t9-;;/m0../s1. The van der Waals surface area contributed by atoms with Crippen molar-refractivity contribution < 1.29 is 26.3 Å². The number of nitrogens with zero attached hydrogens (tertiary/aromatic N) is 1. The number of hydrogen-bond acceptors (Lipinski definition) is 2. The van der Waals surface area contributed by atoms with Crippen LogP contribution in [0, 0.1) is 0 Å². The van der Waals surface area contributed by atoms with Crippen molar-refractivity contribution in [2.45, 2.75) is 25.3 Å². The number of halogens is 8. The van der Waals surface area contributed by atoms with Crippen molar-refractivity contribution >= 4 is 24.8 Å². The molecule has 1 N–H and O–H groups in total. The van der Waals surface area contributed by atoms with Crippen molar-refractivity contribution in [3.63, 3.8) is 0 Å². The van der Waals surface area contributed by atoms with Crippen LogP contribution in [-0.4, -0.2) is 31.1 Å². The van der Waals surface area contributed by atoms with Gasteiger partial charge in [-0.15, -0.1) is 24.8 Å². The van der Waals surface area contributed by atoms with Gasteiger partial charge < -0.3 is 5.32 Å². The Morgan fingerprint density at radius 1 is 0.958 bits per heavy atom. The van der Waals surface area contributed by atoms with Gasteiger partial charge in [0.15, 0.2) is 0 Å². The van der Waals surface area contributed by atoms with Crippen molar-refractivity contribution in [2.24, 2.45) is 0 Å². The Morgan fingerprint density at radius 2 is 1.50 bits per heavy atom. The van der Waals surface area contributed by atoms with Gasteiger partial charge in [-0.2, -0.15) is 26.3 Å². The summed E-state index contributed by atoms with van der Waals surface area (Å²) in [5, 5.41) is 3.08. The molecule has 1 atom stereocenters. The maximum atomic E-state index is 13.1. The first-order chi connectivity index (χ1) is 10.1. The Morgan fingerprint density at radius 3 is 1.96 bits per heavy atom. The van der Waals surface area contributed by atoms with Crippen molar-refractivity contribution in [3.05, 3.63) is 34.9 Å². The van der Waals surface area contributed by atoms with Gasteiger partial charge >= 0.3 is 12.4 Å². The third kappa shape index (κ3) is 5.40. The number of hydrogen-bond donors (Lipinski definition) is 1. The Bertz CT molecular complexity index is 527. The number of alkyl halides is 6. The van der Waals surface area contributed by atoms with Crippen LogP contribution in [0.1, 0.15) is 29.7 Å². The van der Waals surface area contributed by atoms with E-state index < -0.39 is 29.5 Å². The molecule has 10 heteroatoms. The predicted octanol–water partition coefficient (Wildman–Crippen LogP) is 4.53. The van der Waals surface area contributed by atoms with Crippen LogP contribution >= 0.6 is 24.8 Å². The van der Waals surface area contributed by atoms with Gasteiger partial charge in [0, 0.05) is 32.2 Å². The molecule has 1 aromatic carbocycles. The van der Waals surface area contributed by atoms with Gasteiger partial charge in [-0.05, 0) is 24.6 Å². The highest BCUT2D eigenvalue weighted by molar-refractivity contribution is 5.85. The van der Waals surface area contributed by atoms with E-state index in [1.54, 1.807) is 6.92 Å². The summed E-state index contributed by atoms with van der Waals surface area (Å²) in [5.41, 5.74) is -2.62. The lowest BCUT2D eigenvalue weighted by molar-refractivity contribution is -0.143. The molecule has 24 heavy (non-hydrogen) atoms. The lowest BCUT2D eigenvalue weighted by Gasteiger charge is -2.34. The summed E-state index contributed by atoms with van der Waals surface area (Å²) in [7, 11) is 0. The second kappa shape index (κ2) is 8.60.